The standard InChI is InChI=1S/C27H35N3O8/c1-4-28-29-25(35-5-2)23-20(33)19(32)21(34)26(38-23)36-17-9-7-14-15-12-13-6-8-16(31)22-18(13)27(14,24(17)37-22)10-11-30(15)3/h4,6-9,14-15,17,19-21,23-24,26,31-34H,5,10-12H2,1-3H3/b28-4+,29-25-/t14-,15+,17-,19-,20-,21+,23-,24-,26+,27-/m0/s1. The molecule has 0 saturated carbocycles. The van der Waals surface area contributed by atoms with Gasteiger partial charge in [-0.05, 0) is 51.9 Å². The average Bonchev–Trinajstić information content (AvgIpc) is 3.27. The van der Waals surface area contributed by atoms with E-state index in [2.05, 4.69) is 28.2 Å². The maximum atomic E-state index is 10.8. The summed E-state index contributed by atoms with van der Waals surface area (Å²) < 4.78 is 24.3. The molecule has 206 valence electrons. The van der Waals surface area contributed by atoms with Gasteiger partial charge in [-0.2, -0.15) is 5.10 Å². The molecule has 0 aromatic heterocycles. The molecule has 0 unspecified atom stereocenters. The minimum Gasteiger partial charge on any atom is -0.504 e. The Morgan fingerprint density at radius 1 is 1.21 bits per heavy atom. The van der Waals surface area contributed by atoms with Crippen molar-refractivity contribution < 1.29 is 39.4 Å². The summed E-state index contributed by atoms with van der Waals surface area (Å²) in [5, 5.41) is 50.7. The van der Waals surface area contributed by atoms with Gasteiger partial charge in [-0.25, -0.2) is 0 Å². The van der Waals surface area contributed by atoms with Crippen LogP contribution >= 0.6 is 0 Å². The Morgan fingerprint density at radius 3 is 2.79 bits per heavy atom. The number of likely N-dealkylation sites (tertiary alicyclic amines) is 1. The summed E-state index contributed by atoms with van der Waals surface area (Å²) >= 11 is 0. The second-order valence-electron chi connectivity index (χ2n) is 10.7. The van der Waals surface area contributed by atoms with E-state index in [1.807, 2.05) is 12.1 Å². The fourth-order valence-corrected chi connectivity index (χ4v) is 7.09. The lowest BCUT2D eigenvalue weighted by Crippen LogP contribution is -2.66. The van der Waals surface area contributed by atoms with Crippen molar-refractivity contribution in [2.75, 3.05) is 20.2 Å². The molecule has 3 heterocycles. The van der Waals surface area contributed by atoms with E-state index in [1.54, 1.807) is 19.9 Å². The third-order valence-corrected chi connectivity index (χ3v) is 8.80. The molecule has 1 aromatic carbocycles. The van der Waals surface area contributed by atoms with Gasteiger partial charge in [0, 0.05) is 29.2 Å². The molecule has 1 aromatic rings. The molecule has 11 nitrogen and oxygen atoms in total. The number of aliphatic hydroxyl groups excluding tert-OH is 3. The summed E-state index contributed by atoms with van der Waals surface area (Å²) in [6.07, 6.45) is -1.05. The van der Waals surface area contributed by atoms with E-state index < -0.39 is 48.3 Å². The Hall–Kier alpha value is -2.54. The molecule has 2 saturated heterocycles. The summed E-state index contributed by atoms with van der Waals surface area (Å²) in [4.78, 5) is 2.38. The number of hydrogen-bond acceptors (Lipinski definition) is 11. The summed E-state index contributed by atoms with van der Waals surface area (Å²) in [5.41, 5.74) is 1.82. The van der Waals surface area contributed by atoms with Gasteiger partial charge in [-0.15, -0.1) is 5.10 Å². The molecule has 0 amide bonds. The fourth-order valence-electron chi connectivity index (χ4n) is 7.09. The van der Waals surface area contributed by atoms with Crippen molar-refractivity contribution in [2.45, 2.75) is 81.1 Å². The smallest absolute Gasteiger partial charge is 0.241 e. The fraction of sp³-hybridized carbons (Fsp3) is 0.630. The Morgan fingerprint density at radius 2 is 2.03 bits per heavy atom. The largest absolute Gasteiger partial charge is 0.504 e. The number of phenolic OH excluding ortho intramolecular Hbond substituents is 1. The highest BCUT2D eigenvalue weighted by molar-refractivity contribution is 5.82. The zero-order valence-corrected chi connectivity index (χ0v) is 21.7. The first-order valence-corrected chi connectivity index (χ1v) is 13.3. The molecule has 6 rings (SSSR count). The van der Waals surface area contributed by atoms with E-state index in [0.717, 1.165) is 24.9 Å². The van der Waals surface area contributed by atoms with Crippen LogP contribution in [0.5, 0.6) is 11.5 Å². The Balaban J connectivity index is 1.34. The first-order valence-electron chi connectivity index (χ1n) is 13.3. The van der Waals surface area contributed by atoms with Gasteiger partial charge < -0.3 is 44.3 Å². The van der Waals surface area contributed by atoms with Crippen molar-refractivity contribution in [3.63, 3.8) is 0 Å². The van der Waals surface area contributed by atoms with Crippen LogP contribution in [0.1, 0.15) is 31.4 Å². The quantitative estimate of drug-likeness (QED) is 0.185. The first kappa shape index (κ1) is 25.7. The van der Waals surface area contributed by atoms with Crippen molar-refractivity contribution in [1.29, 1.82) is 0 Å². The van der Waals surface area contributed by atoms with Crippen molar-refractivity contribution in [2.24, 2.45) is 16.1 Å². The van der Waals surface area contributed by atoms with E-state index >= 15 is 0 Å². The second-order valence-corrected chi connectivity index (χ2v) is 10.7. The molecule has 2 bridgehead atoms. The van der Waals surface area contributed by atoms with Gasteiger partial charge in [0.05, 0.1) is 6.61 Å². The van der Waals surface area contributed by atoms with Crippen molar-refractivity contribution in [3.8, 4) is 11.5 Å². The summed E-state index contributed by atoms with van der Waals surface area (Å²) in [5.74, 6) is 0.742. The lowest BCUT2D eigenvalue weighted by Gasteiger charge is -2.57. The average molecular weight is 530 g/mol. The highest BCUT2D eigenvalue weighted by Crippen LogP contribution is 2.62. The van der Waals surface area contributed by atoms with E-state index in [0.29, 0.717) is 5.75 Å². The van der Waals surface area contributed by atoms with Gasteiger partial charge in [-0.1, -0.05) is 18.2 Å². The molecule has 1 spiro atoms. The van der Waals surface area contributed by atoms with Gasteiger partial charge in [0.1, 0.15) is 30.5 Å². The summed E-state index contributed by atoms with van der Waals surface area (Å²) in [6, 6.07) is 3.96. The van der Waals surface area contributed by atoms with Crippen LogP contribution in [-0.4, -0.2) is 107 Å². The molecule has 0 radical (unpaired) electrons. The van der Waals surface area contributed by atoms with Crippen LogP contribution < -0.4 is 4.74 Å². The van der Waals surface area contributed by atoms with Crippen molar-refractivity contribution in [3.05, 3.63) is 35.4 Å². The zero-order valence-electron chi connectivity index (χ0n) is 21.7. The molecule has 4 N–H and O–H groups in total. The number of piperidine rings is 1. The summed E-state index contributed by atoms with van der Waals surface area (Å²) in [7, 11) is 2.14. The van der Waals surface area contributed by atoms with Gasteiger partial charge in [0.15, 0.2) is 23.9 Å². The Labute approximate surface area is 221 Å². The minimum absolute atomic E-state index is 0.0278. The molecule has 2 fully saturated rings. The number of ether oxygens (including phenoxy) is 4. The third-order valence-electron chi connectivity index (χ3n) is 8.80. The van der Waals surface area contributed by atoms with Crippen LogP contribution in [0, 0.1) is 5.92 Å². The Kier molecular flexibility index (Phi) is 6.48. The van der Waals surface area contributed by atoms with Crippen LogP contribution in [0.3, 0.4) is 0 Å². The lowest BCUT2D eigenvalue weighted by atomic mass is 9.53. The van der Waals surface area contributed by atoms with Crippen molar-refractivity contribution >= 4 is 12.1 Å². The van der Waals surface area contributed by atoms with Crippen LogP contribution in [0.4, 0.5) is 0 Å². The van der Waals surface area contributed by atoms with E-state index in [4.69, 9.17) is 18.9 Å². The number of nitrogens with zero attached hydrogens (tertiary/aromatic N) is 3. The normalized spacial score (nSPS) is 41.7. The van der Waals surface area contributed by atoms with Gasteiger partial charge in [0.2, 0.25) is 5.90 Å². The molecular weight excluding hydrogens is 494 g/mol. The predicted molar refractivity (Wildman–Crippen MR) is 136 cm³/mol. The third kappa shape index (κ3) is 3.64. The van der Waals surface area contributed by atoms with Crippen LogP contribution in [-0.2, 0) is 26.0 Å². The first-order chi connectivity index (χ1) is 18.3. The number of rotatable bonds is 5. The van der Waals surface area contributed by atoms with Gasteiger partial charge in [-0.3, -0.25) is 0 Å². The van der Waals surface area contributed by atoms with Crippen LogP contribution in [0.15, 0.2) is 34.5 Å². The Bertz CT molecular complexity index is 1170. The maximum absolute atomic E-state index is 10.8. The monoisotopic (exact) mass is 529 g/mol. The van der Waals surface area contributed by atoms with Crippen LogP contribution in [0.25, 0.3) is 0 Å². The van der Waals surface area contributed by atoms with Gasteiger partial charge >= 0.3 is 0 Å². The van der Waals surface area contributed by atoms with E-state index in [-0.39, 0.29) is 30.2 Å². The highest BCUT2D eigenvalue weighted by Gasteiger charge is 2.65. The molecule has 3 aliphatic heterocycles. The number of hydrogen-bond donors (Lipinski definition) is 4. The number of benzene rings is 1. The number of phenols is 1. The molecule has 5 aliphatic rings. The SMILES string of the molecule is C/C=N/N=C(\OCC)[C@H]1O[C@@H](O[C@H]2C=C[C@H]3[C@H]4Cc5ccc(O)c6c5[C@@]3(CCN4C)[C@H]2O6)[C@H](O)[C@@H](O)[C@@H]1O. The predicted octanol–water partition coefficient (Wildman–Crippen LogP) is 0.471. The summed E-state index contributed by atoms with van der Waals surface area (Å²) in [6.45, 7) is 4.54. The highest BCUT2D eigenvalue weighted by atomic mass is 16.7. The molecular formula is C27H35N3O8. The minimum atomic E-state index is -1.58. The second kappa shape index (κ2) is 9.58. The van der Waals surface area contributed by atoms with Crippen molar-refractivity contribution in [1.82, 2.24) is 4.90 Å². The number of likely N-dealkylation sites (N-methyl/N-ethyl adjacent to an activating group) is 1. The van der Waals surface area contributed by atoms with Gasteiger partial charge in [0.25, 0.3) is 0 Å². The zero-order chi connectivity index (χ0) is 26.8. The molecule has 11 heteroatoms. The number of aliphatic hydroxyl groups is 3. The van der Waals surface area contributed by atoms with Crippen LogP contribution in [0.2, 0.25) is 0 Å². The van der Waals surface area contributed by atoms with E-state index in [9.17, 15) is 20.4 Å². The molecule has 38 heavy (non-hydrogen) atoms. The van der Waals surface area contributed by atoms with E-state index in [1.165, 1.54) is 11.8 Å². The lowest BCUT2D eigenvalue weighted by molar-refractivity contribution is -0.300. The molecule has 2 aliphatic carbocycles. The topological polar surface area (TPSA) is 146 Å². The number of aromatic hydroxyl groups is 1. The molecule has 10 atom stereocenters. The maximum Gasteiger partial charge on any atom is 0.241 e.